The molecule has 0 saturated heterocycles. The van der Waals surface area contributed by atoms with Gasteiger partial charge in [-0.1, -0.05) is 0 Å². The van der Waals surface area contributed by atoms with Crippen LogP contribution in [0.4, 0.5) is 5.82 Å². The van der Waals surface area contributed by atoms with E-state index in [0.29, 0.717) is 17.8 Å². The second-order valence-electron chi connectivity index (χ2n) is 5.35. The van der Waals surface area contributed by atoms with Crippen LogP contribution in [0.5, 0.6) is 0 Å². The summed E-state index contributed by atoms with van der Waals surface area (Å²) in [5, 5.41) is 5.93. The number of nitrogens with zero attached hydrogens (tertiary/aromatic N) is 3. The Morgan fingerprint density at radius 3 is 2.76 bits per heavy atom. The standard InChI is InChI=1S/C16H16N4O3S2/c1-3-20-15(21)5-4-13(18-20)12-9-16(24-10-12)25(22,23)19-14-8-11(2)6-7-17-14/h4-10H,3H2,1-2H3,(H,17,19). The average Bonchev–Trinajstić information content (AvgIpc) is 3.06. The van der Waals surface area contributed by atoms with Gasteiger partial charge in [0, 0.05) is 29.8 Å². The predicted molar refractivity (Wildman–Crippen MR) is 97.3 cm³/mol. The van der Waals surface area contributed by atoms with Crippen molar-refractivity contribution in [2.75, 3.05) is 4.72 Å². The molecular weight excluding hydrogens is 360 g/mol. The first-order valence-electron chi connectivity index (χ1n) is 7.51. The number of nitrogens with one attached hydrogen (secondary N) is 1. The van der Waals surface area contributed by atoms with E-state index in [1.807, 2.05) is 13.8 Å². The van der Waals surface area contributed by atoms with Crippen molar-refractivity contribution in [1.29, 1.82) is 0 Å². The number of sulfonamides is 1. The molecule has 0 unspecified atom stereocenters. The van der Waals surface area contributed by atoms with Crippen LogP contribution in [-0.2, 0) is 16.6 Å². The lowest BCUT2D eigenvalue weighted by Gasteiger charge is -2.05. The molecular formula is C16H16N4O3S2. The van der Waals surface area contributed by atoms with Gasteiger partial charge >= 0.3 is 0 Å². The fourth-order valence-corrected chi connectivity index (χ4v) is 4.37. The Hall–Kier alpha value is -2.52. The molecule has 3 aromatic rings. The Balaban J connectivity index is 1.91. The molecule has 0 spiro atoms. The monoisotopic (exact) mass is 376 g/mol. The summed E-state index contributed by atoms with van der Waals surface area (Å²) < 4.78 is 29.0. The lowest BCUT2D eigenvalue weighted by molar-refractivity contribution is 0.603. The number of hydrogen-bond donors (Lipinski definition) is 1. The predicted octanol–water partition coefficient (Wildman–Crippen LogP) is 2.50. The molecule has 3 rings (SSSR count). The van der Waals surface area contributed by atoms with Crippen molar-refractivity contribution >= 4 is 27.2 Å². The van der Waals surface area contributed by atoms with Crippen molar-refractivity contribution in [2.24, 2.45) is 0 Å². The summed E-state index contributed by atoms with van der Waals surface area (Å²) in [7, 11) is -3.73. The highest BCUT2D eigenvalue weighted by Gasteiger charge is 2.18. The first-order valence-corrected chi connectivity index (χ1v) is 9.88. The van der Waals surface area contributed by atoms with Gasteiger partial charge in [-0.15, -0.1) is 11.3 Å². The van der Waals surface area contributed by atoms with Crippen LogP contribution in [0, 0.1) is 6.92 Å². The molecule has 25 heavy (non-hydrogen) atoms. The molecule has 0 aliphatic heterocycles. The zero-order valence-corrected chi connectivity index (χ0v) is 15.3. The third-order valence-corrected chi connectivity index (χ3v) is 6.25. The normalized spacial score (nSPS) is 11.4. The van der Waals surface area contributed by atoms with Crippen LogP contribution in [0.25, 0.3) is 11.3 Å². The van der Waals surface area contributed by atoms with Crippen LogP contribution in [0.15, 0.2) is 50.9 Å². The third-order valence-electron chi connectivity index (χ3n) is 3.46. The fourth-order valence-electron chi connectivity index (χ4n) is 2.20. The van der Waals surface area contributed by atoms with Gasteiger partial charge in [0.2, 0.25) is 0 Å². The molecule has 0 aromatic carbocycles. The van der Waals surface area contributed by atoms with Crippen molar-refractivity contribution in [3.05, 3.63) is 57.8 Å². The molecule has 7 nitrogen and oxygen atoms in total. The summed E-state index contributed by atoms with van der Waals surface area (Å²) in [4.78, 5) is 15.6. The van der Waals surface area contributed by atoms with Crippen molar-refractivity contribution in [2.45, 2.75) is 24.6 Å². The molecule has 9 heteroatoms. The Morgan fingerprint density at radius 1 is 1.24 bits per heavy atom. The average molecular weight is 376 g/mol. The largest absolute Gasteiger partial charge is 0.272 e. The summed E-state index contributed by atoms with van der Waals surface area (Å²) in [6.45, 7) is 4.13. The molecule has 0 fully saturated rings. The van der Waals surface area contributed by atoms with Crippen molar-refractivity contribution < 1.29 is 8.42 Å². The minimum Gasteiger partial charge on any atom is -0.268 e. The lowest BCUT2D eigenvalue weighted by atomic mass is 10.2. The molecule has 0 bridgehead atoms. The zero-order valence-electron chi connectivity index (χ0n) is 13.6. The second-order valence-corrected chi connectivity index (χ2v) is 8.17. The van der Waals surface area contributed by atoms with E-state index in [1.54, 1.807) is 29.8 Å². The maximum atomic E-state index is 12.5. The third kappa shape index (κ3) is 3.77. The highest BCUT2D eigenvalue weighted by atomic mass is 32.2. The van der Waals surface area contributed by atoms with Gasteiger partial charge in [-0.3, -0.25) is 9.52 Å². The first-order chi connectivity index (χ1) is 11.9. The molecule has 0 saturated carbocycles. The Morgan fingerprint density at radius 2 is 2.04 bits per heavy atom. The van der Waals surface area contributed by atoms with Gasteiger partial charge in [0.25, 0.3) is 15.6 Å². The van der Waals surface area contributed by atoms with Crippen LogP contribution in [0.1, 0.15) is 12.5 Å². The van der Waals surface area contributed by atoms with E-state index in [0.717, 1.165) is 16.9 Å². The minimum absolute atomic E-state index is 0.154. The summed E-state index contributed by atoms with van der Waals surface area (Å²) in [5.41, 5.74) is 1.91. The van der Waals surface area contributed by atoms with Gasteiger partial charge in [0.15, 0.2) is 0 Å². The van der Waals surface area contributed by atoms with E-state index in [2.05, 4.69) is 14.8 Å². The number of hydrogen-bond acceptors (Lipinski definition) is 6. The van der Waals surface area contributed by atoms with Gasteiger partial charge in [0.1, 0.15) is 10.0 Å². The Kier molecular flexibility index (Phi) is 4.69. The Labute approximate surface area is 149 Å². The molecule has 0 aliphatic carbocycles. The van der Waals surface area contributed by atoms with Crippen molar-refractivity contribution in [3.8, 4) is 11.3 Å². The number of pyridine rings is 1. The van der Waals surface area contributed by atoms with Crippen molar-refractivity contribution in [3.63, 3.8) is 0 Å². The molecule has 0 atom stereocenters. The maximum absolute atomic E-state index is 12.5. The molecule has 130 valence electrons. The Bertz CT molecular complexity index is 1070. The quantitative estimate of drug-likeness (QED) is 0.738. The SMILES string of the molecule is CCn1nc(-c2csc(S(=O)(=O)Nc3cc(C)ccn3)c2)ccc1=O. The van der Waals surface area contributed by atoms with E-state index >= 15 is 0 Å². The summed E-state index contributed by atoms with van der Waals surface area (Å²) in [5.74, 6) is 0.271. The molecule has 0 amide bonds. The molecule has 3 aromatic heterocycles. The summed E-state index contributed by atoms with van der Waals surface area (Å²) in [6, 6.07) is 7.99. The molecule has 0 radical (unpaired) electrons. The van der Waals surface area contributed by atoms with E-state index in [9.17, 15) is 13.2 Å². The van der Waals surface area contributed by atoms with Gasteiger partial charge in [-0.2, -0.15) is 5.10 Å². The number of thiophene rings is 1. The van der Waals surface area contributed by atoms with Gasteiger partial charge in [-0.05, 0) is 43.7 Å². The molecule has 3 heterocycles. The van der Waals surface area contributed by atoms with Crippen LogP contribution in [-0.4, -0.2) is 23.2 Å². The highest BCUT2D eigenvalue weighted by molar-refractivity contribution is 7.94. The zero-order chi connectivity index (χ0) is 18.0. The van der Waals surface area contributed by atoms with Crippen molar-refractivity contribution in [1.82, 2.24) is 14.8 Å². The van der Waals surface area contributed by atoms with Crippen LogP contribution < -0.4 is 10.3 Å². The van der Waals surface area contributed by atoms with Gasteiger partial charge in [0.05, 0.1) is 5.69 Å². The second kappa shape index (κ2) is 6.77. The van der Waals surface area contributed by atoms with E-state index < -0.39 is 10.0 Å². The summed E-state index contributed by atoms with van der Waals surface area (Å²) in [6.07, 6.45) is 1.55. The van der Waals surface area contributed by atoms with Gasteiger partial charge < -0.3 is 0 Å². The van der Waals surface area contributed by atoms with Crippen LogP contribution >= 0.6 is 11.3 Å². The number of anilines is 1. The first kappa shape index (κ1) is 17.3. The summed E-state index contributed by atoms with van der Waals surface area (Å²) >= 11 is 1.09. The number of aryl methyl sites for hydroxylation is 2. The van der Waals surface area contributed by atoms with Crippen LogP contribution in [0.3, 0.4) is 0 Å². The topological polar surface area (TPSA) is 93.9 Å². The van der Waals surface area contributed by atoms with E-state index in [1.165, 1.54) is 16.8 Å². The number of rotatable bonds is 5. The lowest BCUT2D eigenvalue weighted by Crippen LogP contribution is -2.20. The molecule has 1 N–H and O–H groups in total. The van der Waals surface area contributed by atoms with E-state index in [-0.39, 0.29) is 15.6 Å². The minimum atomic E-state index is -3.73. The van der Waals surface area contributed by atoms with Crippen LogP contribution in [0.2, 0.25) is 0 Å². The highest BCUT2D eigenvalue weighted by Crippen LogP contribution is 2.28. The van der Waals surface area contributed by atoms with E-state index in [4.69, 9.17) is 0 Å². The van der Waals surface area contributed by atoms with Gasteiger partial charge in [-0.25, -0.2) is 18.1 Å². The number of aromatic nitrogens is 3. The smallest absolute Gasteiger partial charge is 0.268 e. The molecule has 0 aliphatic rings. The maximum Gasteiger partial charge on any atom is 0.272 e. The fraction of sp³-hybridized carbons (Fsp3) is 0.188.